The maximum atomic E-state index is 14.4. The van der Waals surface area contributed by atoms with E-state index in [-0.39, 0.29) is 59.9 Å². The summed E-state index contributed by atoms with van der Waals surface area (Å²) in [5.41, 5.74) is -1.97. The highest BCUT2D eigenvalue weighted by Gasteiger charge is 2.64. The summed E-state index contributed by atoms with van der Waals surface area (Å²) < 4.78 is 75.2. The molecule has 3 N–H and O–H groups in total. The zero-order valence-corrected chi connectivity index (χ0v) is 23.5. The molecule has 0 amide bonds. The summed E-state index contributed by atoms with van der Waals surface area (Å²) >= 11 is 0. The topological polar surface area (TPSA) is 191 Å². The van der Waals surface area contributed by atoms with Gasteiger partial charge in [0.25, 0.3) is 0 Å². The van der Waals surface area contributed by atoms with E-state index in [2.05, 4.69) is 4.74 Å². The number of hydrogen-bond donors (Lipinski definition) is 3. The predicted octanol–water partition coefficient (Wildman–Crippen LogP) is 1.37. The highest BCUT2D eigenvalue weighted by Crippen LogP contribution is 2.60. The van der Waals surface area contributed by atoms with Crippen molar-refractivity contribution in [2.75, 3.05) is 13.2 Å². The van der Waals surface area contributed by atoms with E-state index in [1.54, 1.807) is 0 Å². The molecular formula is C27H34F2O12S. The number of carbonyl (C=O) groups is 4. The molecule has 8 aliphatic carbocycles. The molecule has 0 aliphatic heterocycles. The van der Waals surface area contributed by atoms with Gasteiger partial charge in [-0.3, -0.25) is 23.7 Å². The van der Waals surface area contributed by atoms with Crippen molar-refractivity contribution in [1.29, 1.82) is 0 Å². The van der Waals surface area contributed by atoms with Gasteiger partial charge in [-0.15, -0.1) is 0 Å². The van der Waals surface area contributed by atoms with Gasteiger partial charge in [0.2, 0.25) is 0 Å². The van der Waals surface area contributed by atoms with Crippen LogP contribution in [0.3, 0.4) is 0 Å². The summed E-state index contributed by atoms with van der Waals surface area (Å²) in [5.74, 6) is -2.02. The van der Waals surface area contributed by atoms with Gasteiger partial charge in [0, 0.05) is 23.7 Å². The Kier molecular flexibility index (Phi) is 6.93. The Morgan fingerprint density at radius 3 is 1.67 bits per heavy atom. The van der Waals surface area contributed by atoms with Crippen LogP contribution in [0.1, 0.15) is 64.2 Å². The monoisotopic (exact) mass is 620 g/mol. The lowest BCUT2D eigenvalue weighted by molar-refractivity contribution is -0.366. The molecule has 15 heteroatoms. The average molecular weight is 621 g/mol. The van der Waals surface area contributed by atoms with E-state index in [1.165, 1.54) is 0 Å². The van der Waals surface area contributed by atoms with Gasteiger partial charge in [0.05, 0.1) is 17.4 Å². The van der Waals surface area contributed by atoms with Crippen LogP contribution in [0.5, 0.6) is 0 Å². The molecule has 0 radical (unpaired) electrons. The second kappa shape index (κ2) is 9.71. The first-order valence-electron chi connectivity index (χ1n) is 14.3. The lowest BCUT2D eigenvalue weighted by Gasteiger charge is -2.54. The molecule has 0 spiro atoms. The molecule has 8 bridgehead atoms. The fourth-order valence-corrected chi connectivity index (χ4v) is 9.51. The van der Waals surface area contributed by atoms with Crippen molar-refractivity contribution in [1.82, 2.24) is 0 Å². The Bertz CT molecular complexity index is 1280. The van der Waals surface area contributed by atoms with E-state index in [9.17, 15) is 46.6 Å². The van der Waals surface area contributed by atoms with Crippen molar-refractivity contribution in [2.24, 2.45) is 46.3 Å². The van der Waals surface area contributed by atoms with Crippen LogP contribution in [0.25, 0.3) is 0 Å². The number of aliphatic hydroxyl groups is 2. The van der Waals surface area contributed by atoms with Gasteiger partial charge in [-0.05, 0) is 76.0 Å². The van der Waals surface area contributed by atoms with Crippen molar-refractivity contribution in [2.45, 2.75) is 81.5 Å². The number of hydrogen-bond acceptors (Lipinski definition) is 11. The molecule has 12 nitrogen and oxygen atoms in total. The maximum Gasteiger partial charge on any atom is 0.428 e. The molecule has 42 heavy (non-hydrogen) atoms. The SMILES string of the molecule is O=C1C2CC3CC1CC(C(=O)OCC(COC(F)(F)C(O)(O)S(=O)(=O)O)OC(=O)C14CC5CC(C1)C(=O)C(C5)C4)(C3)C2. The van der Waals surface area contributed by atoms with E-state index in [1.807, 2.05) is 0 Å². The summed E-state index contributed by atoms with van der Waals surface area (Å²) in [6, 6.07) is 0. The van der Waals surface area contributed by atoms with E-state index < -0.39 is 63.4 Å². The zero-order valence-electron chi connectivity index (χ0n) is 22.7. The van der Waals surface area contributed by atoms with Crippen LogP contribution in [-0.4, -0.2) is 77.2 Å². The van der Waals surface area contributed by atoms with Crippen LogP contribution in [0.2, 0.25) is 0 Å². The van der Waals surface area contributed by atoms with Crippen LogP contribution < -0.4 is 0 Å². The molecule has 0 aromatic carbocycles. The van der Waals surface area contributed by atoms with Crippen molar-refractivity contribution in [3.05, 3.63) is 0 Å². The number of alkyl halides is 2. The summed E-state index contributed by atoms with van der Waals surface area (Å²) in [5, 5.41) is 13.7. The molecule has 0 saturated heterocycles. The summed E-state index contributed by atoms with van der Waals surface area (Å²) in [6.45, 7) is -2.09. The van der Waals surface area contributed by atoms with E-state index in [0.29, 0.717) is 51.4 Å². The first kappa shape index (κ1) is 30.0. The molecule has 8 fully saturated rings. The Labute approximate surface area is 240 Å². The van der Waals surface area contributed by atoms with E-state index in [4.69, 9.17) is 14.0 Å². The summed E-state index contributed by atoms with van der Waals surface area (Å²) in [7, 11) is -6.14. The van der Waals surface area contributed by atoms with Crippen LogP contribution in [-0.2, 0) is 43.5 Å². The molecule has 8 aliphatic rings. The number of halogens is 2. The van der Waals surface area contributed by atoms with Gasteiger partial charge in [0.15, 0.2) is 6.10 Å². The molecular weight excluding hydrogens is 586 g/mol. The van der Waals surface area contributed by atoms with E-state index in [0.717, 1.165) is 0 Å². The van der Waals surface area contributed by atoms with E-state index >= 15 is 0 Å². The molecule has 0 aromatic heterocycles. The minimum atomic E-state index is -6.14. The predicted molar refractivity (Wildman–Crippen MR) is 132 cm³/mol. The summed E-state index contributed by atoms with van der Waals surface area (Å²) in [4.78, 5) is 51.9. The average Bonchev–Trinajstić information content (AvgIpc) is 2.89. The quantitative estimate of drug-likeness (QED) is 0.181. The third-order valence-corrected chi connectivity index (χ3v) is 11.7. The second-order valence-electron chi connectivity index (χ2n) is 13.6. The minimum Gasteiger partial charge on any atom is -0.461 e. The van der Waals surface area contributed by atoms with Crippen molar-refractivity contribution < 1.29 is 65.4 Å². The van der Waals surface area contributed by atoms with Crippen LogP contribution >= 0.6 is 0 Å². The standard InChI is InChI=1S/C27H34F2O12S/c28-26(29,27(34,35)42(36,37)38)40-12-19(41-23(33)25-6-14-3-17(9-25)21(31)18(4-14)10-25)11-39-22(32)24-5-13-1-15(7-24)20(30)16(2-13)8-24/h13-19,34-35H,1-12H2,(H,36,37,38). The Hall–Kier alpha value is -2.07. The lowest BCUT2D eigenvalue weighted by Crippen LogP contribution is -2.57. The maximum absolute atomic E-state index is 14.4. The molecule has 234 valence electrons. The first-order valence-corrected chi connectivity index (χ1v) is 15.8. The number of rotatable bonds is 10. The largest absolute Gasteiger partial charge is 0.461 e. The van der Waals surface area contributed by atoms with Crippen LogP contribution in [0.4, 0.5) is 8.78 Å². The number of esters is 2. The van der Waals surface area contributed by atoms with Crippen molar-refractivity contribution in [3.63, 3.8) is 0 Å². The molecule has 0 aromatic rings. The number of ketones is 2. The highest BCUT2D eigenvalue weighted by molar-refractivity contribution is 7.86. The smallest absolute Gasteiger partial charge is 0.428 e. The Morgan fingerprint density at radius 1 is 0.810 bits per heavy atom. The molecule has 8 saturated carbocycles. The number of Topliss-reactive ketones (excluding diaryl/α,β-unsaturated/α-hetero) is 2. The highest BCUT2D eigenvalue weighted by atomic mass is 32.2. The second-order valence-corrected chi connectivity index (χ2v) is 15.1. The van der Waals surface area contributed by atoms with Gasteiger partial charge < -0.3 is 24.4 Å². The number of ether oxygens (including phenoxy) is 3. The van der Waals surface area contributed by atoms with Crippen molar-refractivity contribution in [3.8, 4) is 0 Å². The third-order valence-electron chi connectivity index (χ3n) is 10.7. The first-order chi connectivity index (χ1) is 19.5. The molecule has 5 unspecified atom stereocenters. The normalized spacial score (nSPS) is 39.5. The molecule has 0 heterocycles. The minimum absolute atomic E-state index is 0.101. The number of carbonyl (C=O) groups excluding carboxylic acids is 4. The van der Waals surface area contributed by atoms with Gasteiger partial charge in [0.1, 0.15) is 18.2 Å². The van der Waals surface area contributed by atoms with Gasteiger partial charge in [-0.1, -0.05) is 0 Å². The van der Waals surface area contributed by atoms with Gasteiger partial charge in [-0.2, -0.15) is 17.2 Å². The third kappa shape index (κ3) is 4.70. The zero-order chi connectivity index (χ0) is 30.5. The van der Waals surface area contributed by atoms with Crippen molar-refractivity contribution >= 4 is 33.6 Å². The molecule has 8 rings (SSSR count). The fraction of sp³-hybridized carbons (Fsp3) is 0.852. The van der Waals surface area contributed by atoms with Gasteiger partial charge in [-0.25, -0.2) is 0 Å². The fourth-order valence-electron chi connectivity index (χ4n) is 9.15. The Balaban J connectivity index is 1.18. The van der Waals surface area contributed by atoms with Gasteiger partial charge >= 0.3 is 33.3 Å². The van der Waals surface area contributed by atoms with Crippen LogP contribution in [0, 0.1) is 46.3 Å². The Morgan fingerprint density at radius 2 is 1.24 bits per heavy atom. The van der Waals surface area contributed by atoms with Crippen LogP contribution in [0.15, 0.2) is 0 Å². The lowest BCUT2D eigenvalue weighted by atomic mass is 9.49. The molecule has 5 atom stereocenters. The summed E-state index contributed by atoms with van der Waals surface area (Å²) in [6.07, 6.45) is -2.20.